The summed E-state index contributed by atoms with van der Waals surface area (Å²) in [6.45, 7) is 5.77. The molecule has 0 radical (unpaired) electrons. The van der Waals surface area contributed by atoms with Gasteiger partial charge in [0.05, 0.1) is 13.2 Å². The van der Waals surface area contributed by atoms with E-state index in [1.54, 1.807) is 0 Å². The van der Waals surface area contributed by atoms with E-state index in [4.69, 9.17) is 14.5 Å². The minimum absolute atomic E-state index is 0.0125. The molecule has 2 aromatic rings. The molecule has 1 aliphatic rings. The van der Waals surface area contributed by atoms with Crippen molar-refractivity contribution in [3.05, 3.63) is 60.2 Å². The first-order valence-electron chi connectivity index (χ1n) is 10.3. The van der Waals surface area contributed by atoms with Gasteiger partial charge in [-0.2, -0.15) is 0 Å². The molecular weight excluding hydrogens is 366 g/mol. The van der Waals surface area contributed by atoms with Gasteiger partial charge >= 0.3 is 0 Å². The van der Waals surface area contributed by atoms with Gasteiger partial charge in [-0.15, -0.1) is 0 Å². The maximum absolute atomic E-state index is 9.39. The van der Waals surface area contributed by atoms with Crippen molar-refractivity contribution in [2.24, 2.45) is 10.4 Å². The summed E-state index contributed by atoms with van der Waals surface area (Å²) in [5.41, 5.74) is 1.10. The van der Waals surface area contributed by atoms with E-state index < -0.39 is 0 Å². The van der Waals surface area contributed by atoms with Crippen molar-refractivity contribution in [2.75, 3.05) is 32.9 Å². The van der Waals surface area contributed by atoms with Crippen LogP contribution in [0.4, 0.5) is 0 Å². The van der Waals surface area contributed by atoms with Gasteiger partial charge in [0.15, 0.2) is 5.96 Å². The van der Waals surface area contributed by atoms with Gasteiger partial charge in [-0.25, -0.2) is 4.99 Å². The average molecular weight is 398 g/mol. The van der Waals surface area contributed by atoms with Crippen LogP contribution in [0.15, 0.2) is 59.6 Å². The maximum Gasteiger partial charge on any atom is 0.191 e. The molecule has 1 atom stereocenters. The molecule has 0 bridgehead atoms. The molecule has 0 aromatic heterocycles. The minimum atomic E-state index is -0.0125. The summed E-state index contributed by atoms with van der Waals surface area (Å²) in [5.74, 6) is 2.41. The van der Waals surface area contributed by atoms with Gasteiger partial charge in [-0.05, 0) is 49.6 Å². The molecule has 3 N–H and O–H groups in total. The van der Waals surface area contributed by atoms with E-state index in [2.05, 4.69) is 17.6 Å². The number of aliphatic hydroxyl groups excluding tert-OH is 1. The van der Waals surface area contributed by atoms with Crippen LogP contribution in [-0.4, -0.2) is 44.0 Å². The quantitative estimate of drug-likeness (QED) is 0.447. The first kappa shape index (κ1) is 21.1. The third-order valence-electron chi connectivity index (χ3n) is 5.12. The molecule has 1 unspecified atom stereocenters. The number of guanidine groups is 1. The van der Waals surface area contributed by atoms with E-state index in [1.807, 2.05) is 54.6 Å². The maximum atomic E-state index is 9.39. The number of hydrogen-bond donors (Lipinski definition) is 3. The second kappa shape index (κ2) is 10.8. The number of aliphatic imine (C=N–C) groups is 1. The molecular formula is C23H31N3O3. The summed E-state index contributed by atoms with van der Waals surface area (Å²) in [7, 11) is 0. The van der Waals surface area contributed by atoms with Gasteiger partial charge in [0, 0.05) is 31.7 Å². The number of aliphatic hydroxyl groups is 1. The SMILES string of the molecule is CCNC(=NCc1ccc(Oc2ccccc2)cc1)NCC1(CCO)CCOC1. The van der Waals surface area contributed by atoms with Gasteiger partial charge in [-0.3, -0.25) is 0 Å². The number of benzene rings is 2. The molecule has 0 saturated carbocycles. The minimum Gasteiger partial charge on any atom is -0.457 e. The molecule has 0 aliphatic carbocycles. The van der Waals surface area contributed by atoms with Crippen LogP contribution in [0.25, 0.3) is 0 Å². The molecule has 2 aromatic carbocycles. The fourth-order valence-electron chi connectivity index (χ4n) is 3.38. The number of rotatable bonds is 9. The molecule has 29 heavy (non-hydrogen) atoms. The Bertz CT molecular complexity index is 757. The van der Waals surface area contributed by atoms with Gasteiger partial charge < -0.3 is 25.2 Å². The Labute approximate surface area is 173 Å². The average Bonchev–Trinajstić information content (AvgIpc) is 3.21. The van der Waals surface area contributed by atoms with Crippen molar-refractivity contribution < 1.29 is 14.6 Å². The summed E-state index contributed by atoms with van der Waals surface area (Å²) < 4.78 is 11.4. The number of nitrogens with one attached hydrogen (secondary N) is 2. The predicted molar refractivity (Wildman–Crippen MR) is 115 cm³/mol. The molecule has 3 rings (SSSR count). The molecule has 0 spiro atoms. The largest absolute Gasteiger partial charge is 0.457 e. The van der Waals surface area contributed by atoms with Gasteiger partial charge in [0.25, 0.3) is 0 Å². The molecule has 6 nitrogen and oxygen atoms in total. The zero-order valence-corrected chi connectivity index (χ0v) is 17.1. The molecule has 156 valence electrons. The van der Waals surface area contributed by atoms with Crippen molar-refractivity contribution >= 4 is 5.96 Å². The Balaban J connectivity index is 1.56. The van der Waals surface area contributed by atoms with E-state index in [9.17, 15) is 5.11 Å². The highest BCUT2D eigenvalue weighted by Gasteiger charge is 2.34. The van der Waals surface area contributed by atoms with E-state index in [0.717, 1.165) is 55.6 Å². The lowest BCUT2D eigenvalue weighted by atomic mass is 9.84. The standard InChI is InChI=1S/C23H31N3O3/c1-2-24-22(26-17-23(12-14-27)13-15-28-18-23)25-16-19-8-10-21(11-9-19)29-20-6-4-3-5-7-20/h3-11,27H,2,12-18H2,1H3,(H2,24,25,26). The Morgan fingerprint density at radius 2 is 1.86 bits per heavy atom. The van der Waals surface area contributed by atoms with Crippen molar-refractivity contribution in [1.29, 1.82) is 0 Å². The van der Waals surface area contributed by atoms with Gasteiger partial charge in [0.1, 0.15) is 11.5 Å². The lowest BCUT2D eigenvalue weighted by molar-refractivity contribution is 0.127. The van der Waals surface area contributed by atoms with Crippen LogP contribution in [0.2, 0.25) is 0 Å². The second-order valence-corrected chi connectivity index (χ2v) is 7.38. The molecule has 1 fully saturated rings. The van der Waals surface area contributed by atoms with Gasteiger partial charge in [0.2, 0.25) is 0 Å². The fourth-order valence-corrected chi connectivity index (χ4v) is 3.38. The monoisotopic (exact) mass is 397 g/mol. The summed E-state index contributed by atoms with van der Waals surface area (Å²) >= 11 is 0. The topological polar surface area (TPSA) is 75.1 Å². The van der Waals surface area contributed by atoms with E-state index in [-0.39, 0.29) is 12.0 Å². The zero-order chi connectivity index (χ0) is 20.4. The Morgan fingerprint density at radius 3 is 2.52 bits per heavy atom. The van der Waals surface area contributed by atoms with E-state index >= 15 is 0 Å². The highest BCUT2D eigenvalue weighted by molar-refractivity contribution is 5.79. The van der Waals surface area contributed by atoms with E-state index in [1.165, 1.54) is 0 Å². The molecule has 1 aliphatic heterocycles. The summed E-state index contributed by atoms with van der Waals surface area (Å²) in [4.78, 5) is 4.70. The first-order chi connectivity index (χ1) is 14.2. The second-order valence-electron chi connectivity index (χ2n) is 7.38. The molecule has 0 amide bonds. The zero-order valence-electron chi connectivity index (χ0n) is 17.1. The van der Waals surface area contributed by atoms with Crippen molar-refractivity contribution in [3.63, 3.8) is 0 Å². The number of para-hydroxylation sites is 1. The highest BCUT2D eigenvalue weighted by atomic mass is 16.5. The van der Waals surface area contributed by atoms with Crippen LogP contribution in [0, 0.1) is 5.41 Å². The summed E-state index contributed by atoms with van der Waals surface area (Å²) in [6.07, 6.45) is 1.70. The third-order valence-corrected chi connectivity index (χ3v) is 5.12. The Hall–Kier alpha value is -2.57. The van der Waals surface area contributed by atoms with Crippen LogP contribution in [-0.2, 0) is 11.3 Å². The smallest absolute Gasteiger partial charge is 0.191 e. The van der Waals surface area contributed by atoms with Crippen LogP contribution < -0.4 is 15.4 Å². The number of ether oxygens (including phenoxy) is 2. The summed E-state index contributed by atoms with van der Waals surface area (Å²) in [6, 6.07) is 17.7. The molecule has 1 heterocycles. The van der Waals surface area contributed by atoms with Crippen LogP contribution >= 0.6 is 0 Å². The Morgan fingerprint density at radius 1 is 1.10 bits per heavy atom. The van der Waals surface area contributed by atoms with Crippen LogP contribution in [0.5, 0.6) is 11.5 Å². The van der Waals surface area contributed by atoms with Crippen LogP contribution in [0.1, 0.15) is 25.3 Å². The molecule has 1 saturated heterocycles. The fraction of sp³-hybridized carbons (Fsp3) is 0.435. The van der Waals surface area contributed by atoms with Crippen molar-refractivity contribution in [2.45, 2.75) is 26.3 Å². The van der Waals surface area contributed by atoms with Crippen molar-refractivity contribution in [3.8, 4) is 11.5 Å². The number of hydrogen-bond acceptors (Lipinski definition) is 4. The summed E-state index contributed by atoms with van der Waals surface area (Å²) in [5, 5.41) is 16.1. The molecule has 6 heteroatoms. The van der Waals surface area contributed by atoms with Gasteiger partial charge in [-0.1, -0.05) is 30.3 Å². The predicted octanol–water partition coefficient (Wildman–Crippen LogP) is 3.32. The van der Waals surface area contributed by atoms with Crippen LogP contribution in [0.3, 0.4) is 0 Å². The van der Waals surface area contributed by atoms with E-state index in [0.29, 0.717) is 13.2 Å². The number of nitrogens with zero attached hydrogens (tertiary/aromatic N) is 1. The Kier molecular flexibility index (Phi) is 7.90. The third kappa shape index (κ3) is 6.48. The van der Waals surface area contributed by atoms with Crippen molar-refractivity contribution in [1.82, 2.24) is 10.6 Å². The lowest BCUT2D eigenvalue weighted by Gasteiger charge is -2.27. The normalized spacial score (nSPS) is 19.2. The highest BCUT2D eigenvalue weighted by Crippen LogP contribution is 2.31. The first-order valence-corrected chi connectivity index (χ1v) is 10.3. The lowest BCUT2D eigenvalue weighted by Crippen LogP contribution is -2.44.